The topological polar surface area (TPSA) is 59.7 Å². The van der Waals surface area contributed by atoms with E-state index in [2.05, 4.69) is 20.1 Å². The van der Waals surface area contributed by atoms with Crippen molar-refractivity contribution in [1.29, 1.82) is 0 Å². The van der Waals surface area contributed by atoms with Gasteiger partial charge >= 0.3 is 0 Å². The van der Waals surface area contributed by atoms with Gasteiger partial charge < -0.3 is 4.84 Å². The predicted molar refractivity (Wildman–Crippen MR) is 34.9 cm³/mol. The Bertz CT molecular complexity index is 374. The summed E-state index contributed by atoms with van der Waals surface area (Å²) in [6.45, 7) is 1.79. The summed E-state index contributed by atoms with van der Waals surface area (Å²) in [5.41, 5.74) is 0.997. The van der Waals surface area contributed by atoms with Crippen molar-refractivity contribution < 1.29 is 4.84 Å². The van der Waals surface area contributed by atoms with Crippen LogP contribution < -0.4 is 11.0 Å². The van der Waals surface area contributed by atoms with Crippen LogP contribution in [0.1, 0.15) is 6.92 Å². The molecule has 0 radical (unpaired) electrons. The van der Waals surface area contributed by atoms with Gasteiger partial charge in [0.05, 0.1) is 0 Å². The Kier molecular flexibility index (Phi) is 1.28. The van der Waals surface area contributed by atoms with E-state index in [9.17, 15) is 0 Å². The van der Waals surface area contributed by atoms with Crippen LogP contribution in [0.2, 0.25) is 0 Å². The summed E-state index contributed by atoms with van der Waals surface area (Å²) in [4.78, 5) is 16.8. The van der Waals surface area contributed by atoms with Gasteiger partial charge in [-0.15, -0.1) is 0 Å². The molecular weight excluding hydrogens is 144 g/mol. The summed E-state index contributed by atoms with van der Waals surface area (Å²) in [5.74, 6) is 0. The van der Waals surface area contributed by atoms with E-state index in [0.717, 1.165) is 0 Å². The van der Waals surface area contributed by atoms with Crippen LogP contribution in [0.25, 0.3) is 0 Å². The third-order valence-corrected chi connectivity index (χ3v) is 1.26. The van der Waals surface area contributed by atoms with Crippen molar-refractivity contribution in [3.8, 4) is 0 Å². The number of rotatable bonds is 0. The van der Waals surface area contributed by atoms with Crippen LogP contribution in [0.15, 0.2) is 22.5 Å². The maximum absolute atomic E-state index is 4.86. The second-order valence-corrected chi connectivity index (χ2v) is 2.13. The summed E-state index contributed by atoms with van der Waals surface area (Å²) in [5, 5.41) is 3.71. The van der Waals surface area contributed by atoms with Crippen molar-refractivity contribution in [2.24, 2.45) is 10.1 Å². The van der Waals surface area contributed by atoms with E-state index < -0.39 is 0 Å². The Morgan fingerprint density at radius 1 is 1.27 bits per heavy atom. The van der Waals surface area contributed by atoms with E-state index >= 15 is 0 Å². The van der Waals surface area contributed by atoms with Crippen LogP contribution in [-0.4, -0.2) is 16.2 Å². The minimum absolute atomic E-state index is 0.251. The van der Waals surface area contributed by atoms with Crippen LogP contribution >= 0.6 is 0 Å². The van der Waals surface area contributed by atoms with Gasteiger partial charge in [-0.3, -0.25) is 0 Å². The average Bonchev–Trinajstić information content (AvgIpc) is 2.04. The molecule has 1 aromatic heterocycles. The van der Waals surface area contributed by atoms with Gasteiger partial charge in [0.15, 0.2) is 5.49 Å². The second-order valence-electron chi connectivity index (χ2n) is 2.13. The van der Waals surface area contributed by atoms with Crippen LogP contribution in [0.3, 0.4) is 0 Å². The quantitative estimate of drug-likeness (QED) is 0.477. The SMILES string of the molecule is CC1N=c2nccnc2=NO1. The lowest BCUT2D eigenvalue weighted by Gasteiger charge is -2.05. The highest BCUT2D eigenvalue weighted by atomic mass is 16.6. The molecular formula is C6H6N4O. The monoisotopic (exact) mass is 150 g/mol. The molecule has 0 N–H and O–H groups in total. The Balaban J connectivity index is 2.73. The van der Waals surface area contributed by atoms with Crippen molar-refractivity contribution in [3.05, 3.63) is 23.4 Å². The summed E-state index contributed by atoms with van der Waals surface area (Å²) in [7, 11) is 0. The highest BCUT2D eigenvalue weighted by molar-refractivity contribution is 4.76. The molecule has 1 aromatic rings. The molecule has 0 amide bonds. The highest BCUT2D eigenvalue weighted by Crippen LogP contribution is 1.90. The van der Waals surface area contributed by atoms with E-state index in [1.54, 1.807) is 19.3 Å². The van der Waals surface area contributed by atoms with Gasteiger partial charge in [-0.25, -0.2) is 15.0 Å². The molecule has 1 atom stereocenters. The molecule has 0 saturated carbocycles. The van der Waals surface area contributed by atoms with Gasteiger partial charge in [0, 0.05) is 12.4 Å². The number of aromatic nitrogens is 2. The molecule has 5 nitrogen and oxygen atoms in total. The fourth-order valence-corrected chi connectivity index (χ4v) is 0.801. The average molecular weight is 150 g/mol. The minimum Gasteiger partial charge on any atom is -0.367 e. The number of hydrogen-bond acceptors (Lipinski definition) is 5. The lowest BCUT2D eigenvalue weighted by molar-refractivity contribution is 0.0566. The summed E-state index contributed by atoms with van der Waals surface area (Å²) in [6, 6.07) is 0. The molecule has 11 heavy (non-hydrogen) atoms. The molecule has 0 aliphatic carbocycles. The number of hydrogen-bond donors (Lipinski definition) is 0. The Morgan fingerprint density at radius 2 is 2.00 bits per heavy atom. The van der Waals surface area contributed by atoms with E-state index in [-0.39, 0.29) is 6.23 Å². The molecule has 56 valence electrons. The highest BCUT2D eigenvalue weighted by Gasteiger charge is 2.04. The van der Waals surface area contributed by atoms with Gasteiger partial charge in [0.2, 0.25) is 11.7 Å². The number of nitrogens with zero attached hydrogens (tertiary/aromatic N) is 4. The molecule has 0 aromatic carbocycles. The predicted octanol–water partition coefficient (Wildman–Crippen LogP) is -0.993. The molecule has 5 heteroatoms. The first-order valence-corrected chi connectivity index (χ1v) is 3.25. The largest absolute Gasteiger partial charge is 0.367 e. The van der Waals surface area contributed by atoms with E-state index in [1.165, 1.54) is 0 Å². The van der Waals surface area contributed by atoms with Gasteiger partial charge in [0.25, 0.3) is 0 Å². The zero-order valence-electron chi connectivity index (χ0n) is 5.93. The van der Waals surface area contributed by atoms with Gasteiger partial charge in [0.1, 0.15) is 0 Å². The first-order valence-electron chi connectivity index (χ1n) is 3.25. The third kappa shape index (κ3) is 1.04. The summed E-state index contributed by atoms with van der Waals surface area (Å²) >= 11 is 0. The van der Waals surface area contributed by atoms with Crippen molar-refractivity contribution in [2.45, 2.75) is 13.2 Å². The maximum Gasteiger partial charge on any atom is 0.236 e. The maximum atomic E-state index is 4.86. The van der Waals surface area contributed by atoms with E-state index in [4.69, 9.17) is 4.84 Å². The molecule has 2 rings (SSSR count). The Labute approximate surface area is 62.5 Å². The third-order valence-electron chi connectivity index (χ3n) is 1.26. The van der Waals surface area contributed by atoms with Crippen molar-refractivity contribution in [1.82, 2.24) is 9.97 Å². The Morgan fingerprint density at radius 3 is 2.82 bits per heavy atom. The Hall–Kier alpha value is -1.52. The van der Waals surface area contributed by atoms with Crippen molar-refractivity contribution >= 4 is 0 Å². The first kappa shape index (κ1) is 6.21. The number of fused-ring (bicyclic) bond motifs is 1. The summed E-state index contributed by atoms with van der Waals surface area (Å²) < 4.78 is 0. The molecule has 1 unspecified atom stereocenters. The first-order chi connectivity index (χ1) is 5.36. The van der Waals surface area contributed by atoms with Gasteiger partial charge in [-0.05, 0) is 6.92 Å². The summed E-state index contributed by atoms with van der Waals surface area (Å²) in [6.07, 6.45) is 2.88. The lowest BCUT2D eigenvalue weighted by atomic mass is 10.6. The van der Waals surface area contributed by atoms with Crippen LogP contribution in [0, 0.1) is 0 Å². The van der Waals surface area contributed by atoms with Crippen molar-refractivity contribution in [2.75, 3.05) is 0 Å². The van der Waals surface area contributed by atoms with Crippen molar-refractivity contribution in [3.63, 3.8) is 0 Å². The minimum atomic E-state index is -0.251. The normalized spacial score (nSPS) is 20.6. The van der Waals surface area contributed by atoms with Crippen LogP contribution in [0.5, 0.6) is 0 Å². The second kappa shape index (κ2) is 2.26. The van der Waals surface area contributed by atoms with Gasteiger partial charge in [-0.1, -0.05) is 5.16 Å². The van der Waals surface area contributed by atoms with E-state index in [1.807, 2.05) is 0 Å². The van der Waals surface area contributed by atoms with Gasteiger partial charge in [-0.2, -0.15) is 0 Å². The molecule has 1 aliphatic heterocycles. The van der Waals surface area contributed by atoms with Crippen LogP contribution in [-0.2, 0) is 4.84 Å². The van der Waals surface area contributed by atoms with E-state index in [0.29, 0.717) is 11.0 Å². The smallest absolute Gasteiger partial charge is 0.236 e. The fourth-order valence-electron chi connectivity index (χ4n) is 0.801. The molecule has 1 aliphatic rings. The molecule has 0 saturated heterocycles. The lowest BCUT2D eigenvalue weighted by Crippen LogP contribution is -2.36. The molecule has 0 bridgehead atoms. The zero-order chi connectivity index (χ0) is 7.68. The van der Waals surface area contributed by atoms with Crippen LogP contribution in [0.4, 0.5) is 0 Å². The molecule has 2 heterocycles. The molecule has 0 spiro atoms. The fraction of sp³-hybridized carbons (Fsp3) is 0.333. The standard InChI is InChI=1S/C6H6N4O/c1-4-9-5-6(10-11-4)8-3-2-7-5/h2-4H,1H3. The molecule has 0 fully saturated rings. The zero-order valence-corrected chi connectivity index (χ0v) is 5.93.